The maximum absolute atomic E-state index is 13.6. The van der Waals surface area contributed by atoms with Gasteiger partial charge in [-0.2, -0.15) is 10.2 Å². The molecule has 2 aliphatic rings. The average Bonchev–Trinajstić information content (AvgIpc) is 3.41. The summed E-state index contributed by atoms with van der Waals surface area (Å²) in [6.07, 6.45) is 7.72. The minimum Gasteiger partial charge on any atom is -0.492 e. The topological polar surface area (TPSA) is 97.8 Å². The van der Waals surface area contributed by atoms with Crippen LogP contribution in [0.3, 0.4) is 0 Å². The van der Waals surface area contributed by atoms with Crippen LogP contribution in [-0.4, -0.2) is 91.0 Å². The number of pyridine rings is 1. The zero-order valence-electron chi connectivity index (χ0n) is 25.1. The van der Waals surface area contributed by atoms with E-state index in [-0.39, 0.29) is 5.91 Å². The van der Waals surface area contributed by atoms with Crippen molar-refractivity contribution in [2.24, 2.45) is 0 Å². The summed E-state index contributed by atoms with van der Waals surface area (Å²) < 4.78 is 11.8. The minimum atomic E-state index is -0.214. The summed E-state index contributed by atoms with van der Waals surface area (Å²) >= 11 is 0. The molecule has 1 aliphatic carbocycles. The first-order chi connectivity index (χ1) is 20.9. The maximum Gasteiger partial charge on any atom is 0.274 e. The Labute approximate surface area is 251 Å². The molecule has 0 spiro atoms. The third-order valence-electron chi connectivity index (χ3n) is 8.51. The maximum atomic E-state index is 13.6. The van der Waals surface area contributed by atoms with Crippen molar-refractivity contribution < 1.29 is 9.53 Å². The number of anilines is 1. The van der Waals surface area contributed by atoms with E-state index in [1.165, 1.54) is 0 Å². The Balaban J connectivity index is 1.08. The molecule has 0 radical (unpaired) electrons. The van der Waals surface area contributed by atoms with Crippen molar-refractivity contribution >= 4 is 28.1 Å². The molecule has 7 rings (SSSR count). The molecule has 1 amide bonds. The van der Waals surface area contributed by atoms with Crippen molar-refractivity contribution in [1.29, 1.82) is 0 Å². The Bertz CT molecular complexity index is 1760. The molecule has 1 saturated carbocycles. The second kappa shape index (κ2) is 11.5. The Morgan fingerprint density at radius 2 is 1.91 bits per heavy atom. The number of fused-ring (bicyclic) bond motifs is 2. The number of carbonyl (C=O) groups excluding carboxylic acids is 1. The van der Waals surface area contributed by atoms with Gasteiger partial charge in [0.25, 0.3) is 5.91 Å². The molecule has 0 unspecified atom stereocenters. The zero-order valence-corrected chi connectivity index (χ0v) is 25.1. The highest BCUT2D eigenvalue weighted by molar-refractivity contribution is 6.09. The number of imidazole rings is 1. The van der Waals surface area contributed by atoms with Crippen molar-refractivity contribution in [3.63, 3.8) is 0 Å². The van der Waals surface area contributed by atoms with E-state index in [0.29, 0.717) is 36.5 Å². The van der Waals surface area contributed by atoms with E-state index >= 15 is 0 Å². The van der Waals surface area contributed by atoms with Gasteiger partial charge >= 0.3 is 0 Å². The number of nitrogens with one attached hydrogen (secondary N) is 1. The molecule has 1 N–H and O–H groups in total. The van der Waals surface area contributed by atoms with Gasteiger partial charge in [0.2, 0.25) is 0 Å². The molecule has 5 heterocycles. The smallest absolute Gasteiger partial charge is 0.274 e. The molecule has 0 atom stereocenters. The molecule has 1 aromatic carbocycles. The van der Waals surface area contributed by atoms with E-state index in [1.54, 1.807) is 10.6 Å². The molecule has 4 aromatic heterocycles. The van der Waals surface area contributed by atoms with Crippen LogP contribution in [0.1, 0.15) is 60.5 Å². The number of hydrogen-bond donors (Lipinski definition) is 1. The van der Waals surface area contributed by atoms with Gasteiger partial charge in [-0.3, -0.25) is 23.5 Å². The van der Waals surface area contributed by atoms with Gasteiger partial charge in [0.1, 0.15) is 23.7 Å². The highest BCUT2D eigenvalue weighted by Crippen LogP contribution is 2.44. The lowest BCUT2D eigenvalue weighted by atomic mass is 10.1. The summed E-state index contributed by atoms with van der Waals surface area (Å²) in [5.74, 6) is 0.957. The highest BCUT2D eigenvalue weighted by Gasteiger charge is 2.31. The molecular formula is C32H39N9O2. The lowest BCUT2D eigenvalue weighted by Gasteiger charge is -2.32. The van der Waals surface area contributed by atoms with Crippen molar-refractivity contribution in [3.8, 4) is 5.75 Å². The average molecular weight is 582 g/mol. The molecule has 1 saturated heterocycles. The zero-order chi connectivity index (χ0) is 29.5. The molecule has 2 fully saturated rings. The first-order valence-corrected chi connectivity index (χ1v) is 15.3. The summed E-state index contributed by atoms with van der Waals surface area (Å²) in [6.45, 7) is 10.6. The number of amides is 1. The summed E-state index contributed by atoms with van der Waals surface area (Å²) in [7, 11) is 2.16. The molecule has 5 aromatic rings. The van der Waals surface area contributed by atoms with Gasteiger partial charge in [0.05, 0.1) is 35.3 Å². The fourth-order valence-electron chi connectivity index (χ4n) is 5.80. The molecular weight excluding hydrogens is 542 g/mol. The Kier molecular flexibility index (Phi) is 7.36. The summed E-state index contributed by atoms with van der Waals surface area (Å²) in [4.78, 5) is 22.9. The van der Waals surface area contributed by atoms with Crippen LogP contribution in [-0.2, 0) is 6.54 Å². The number of carbonyl (C=O) groups is 1. The van der Waals surface area contributed by atoms with Crippen molar-refractivity contribution in [3.05, 3.63) is 72.1 Å². The van der Waals surface area contributed by atoms with Gasteiger partial charge in [-0.25, -0.2) is 4.98 Å². The molecule has 1 aliphatic heterocycles. The first-order valence-electron chi connectivity index (χ1n) is 15.3. The number of ether oxygens (including phenoxy) is 1. The van der Waals surface area contributed by atoms with Gasteiger partial charge in [0.15, 0.2) is 0 Å². The van der Waals surface area contributed by atoms with E-state index < -0.39 is 0 Å². The molecule has 43 heavy (non-hydrogen) atoms. The Morgan fingerprint density at radius 1 is 1.07 bits per heavy atom. The highest BCUT2D eigenvalue weighted by atomic mass is 16.5. The van der Waals surface area contributed by atoms with E-state index in [0.717, 1.165) is 79.3 Å². The van der Waals surface area contributed by atoms with Crippen LogP contribution >= 0.6 is 0 Å². The van der Waals surface area contributed by atoms with Crippen LogP contribution in [0.5, 0.6) is 5.75 Å². The van der Waals surface area contributed by atoms with Crippen molar-refractivity contribution in [2.45, 2.75) is 45.2 Å². The minimum absolute atomic E-state index is 0.214. The van der Waals surface area contributed by atoms with Gasteiger partial charge in [-0.05, 0) is 58.0 Å². The van der Waals surface area contributed by atoms with Crippen LogP contribution in [0.25, 0.3) is 16.6 Å². The molecule has 224 valence electrons. The Morgan fingerprint density at radius 3 is 2.67 bits per heavy atom. The monoisotopic (exact) mass is 581 g/mol. The second-order valence-electron chi connectivity index (χ2n) is 12.1. The number of aromatic nitrogens is 6. The van der Waals surface area contributed by atoms with Crippen LogP contribution in [0, 0.1) is 0 Å². The number of nitrogens with zero attached hydrogens (tertiary/aromatic N) is 8. The van der Waals surface area contributed by atoms with Crippen LogP contribution in [0.4, 0.5) is 5.69 Å². The predicted molar refractivity (Wildman–Crippen MR) is 166 cm³/mol. The fraction of sp³-hybridized carbons (Fsp3) is 0.438. The molecule has 0 bridgehead atoms. The lowest BCUT2D eigenvalue weighted by molar-refractivity contribution is 0.102. The van der Waals surface area contributed by atoms with E-state index in [4.69, 9.17) is 14.9 Å². The largest absolute Gasteiger partial charge is 0.492 e. The summed E-state index contributed by atoms with van der Waals surface area (Å²) in [5.41, 5.74) is 4.91. The van der Waals surface area contributed by atoms with Crippen molar-refractivity contribution in [1.82, 2.24) is 38.7 Å². The van der Waals surface area contributed by atoms with E-state index in [2.05, 4.69) is 47.1 Å². The first kappa shape index (κ1) is 27.6. The quantitative estimate of drug-likeness (QED) is 0.263. The standard InChI is InChI=1S/C32H39N9O2/c1-22(2)40-12-9-24(35-40)21-41-27-6-4-5-26(30(27)31(36-41)23-7-8-23)34-32(42)28-20-33-29-19-25(10-11-39(28)29)43-18-17-38-15-13-37(3)14-16-38/h4-6,9-12,19-20,22-23H,7-8,13-18,21H2,1-3H3,(H,34,42). The molecule has 11 nitrogen and oxygen atoms in total. The van der Waals surface area contributed by atoms with Gasteiger partial charge in [0, 0.05) is 68.5 Å². The van der Waals surface area contributed by atoms with Crippen LogP contribution < -0.4 is 10.1 Å². The lowest BCUT2D eigenvalue weighted by Crippen LogP contribution is -2.45. The number of likely N-dealkylation sites (N-methyl/N-ethyl adjacent to an activating group) is 1. The number of benzene rings is 1. The van der Waals surface area contributed by atoms with Gasteiger partial charge < -0.3 is 15.0 Å². The van der Waals surface area contributed by atoms with E-state index in [1.807, 2.05) is 52.1 Å². The molecule has 11 heteroatoms. The summed E-state index contributed by atoms with van der Waals surface area (Å²) in [5, 5.41) is 13.9. The fourth-order valence-corrected chi connectivity index (χ4v) is 5.80. The third kappa shape index (κ3) is 5.74. The predicted octanol–water partition coefficient (Wildman–Crippen LogP) is 4.27. The Hall–Kier alpha value is -4.22. The van der Waals surface area contributed by atoms with Crippen molar-refractivity contribution in [2.75, 3.05) is 51.7 Å². The number of piperazine rings is 1. The number of hydrogen-bond acceptors (Lipinski definition) is 7. The number of rotatable bonds is 10. The SMILES string of the molecule is CC(C)n1ccc(Cn2nc(C3CC3)c3c(NC(=O)c4cnc5cc(OCCN6CCN(C)CC6)ccn45)cccc32)n1. The van der Waals surface area contributed by atoms with E-state index in [9.17, 15) is 4.79 Å². The third-order valence-corrected chi connectivity index (χ3v) is 8.51. The summed E-state index contributed by atoms with van der Waals surface area (Å²) in [6, 6.07) is 12.1. The van der Waals surface area contributed by atoms with Crippen LogP contribution in [0.15, 0.2) is 55.0 Å². The normalized spacial score (nSPS) is 16.5. The van der Waals surface area contributed by atoms with Gasteiger partial charge in [-0.1, -0.05) is 6.07 Å². The van der Waals surface area contributed by atoms with Crippen LogP contribution in [0.2, 0.25) is 0 Å². The van der Waals surface area contributed by atoms with Gasteiger partial charge in [-0.15, -0.1) is 0 Å². The second-order valence-corrected chi connectivity index (χ2v) is 12.1.